The Morgan fingerprint density at radius 2 is 1.92 bits per heavy atom. The molecule has 3 aromatic rings. The Morgan fingerprint density at radius 3 is 2.55 bits per heavy atom. The average molecular weight is 563 g/mol. The fraction of sp³-hybridized carbons (Fsp3) is 0.385. The highest BCUT2D eigenvalue weighted by Gasteiger charge is 2.51. The number of carbonyl (C=O) groups excluding carboxylic acids is 3. The Morgan fingerprint density at radius 1 is 1.18 bits per heavy atom. The normalized spacial score (nSPS) is 18.1. The van der Waals surface area contributed by atoms with Crippen molar-refractivity contribution < 1.29 is 28.3 Å². The number of alkyl halides is 2. The number of hydrogen-bond acceptors (Lipinski definition) is 7. The van der Waals surface area contributed by atoms with Crippen molar-refractivity contribution in [3.8, 4) is 0 Å². The Bertz CT molecular complexity index is 1280. The van der Waals surface area contributed by atoms with Crippen molar-refractivity contribution in [2.45, 2.75) is 57.3 Å². The van der Waals surface area contributed by atoms with Crippen LogP contribution in [0.1, 0.15) is 37.2 Å². The van der Waals surface area contributed by atoms with Crippen LogP contribution in [0.25, 0.3) is 0 Å². The minimum atomic E-state index is -3.30. The van der Waals surface area contributed by atoms with Gasteiger partial charge in [0.15, 0.2) is 6.10 Å². The quantitative estimate of drug-likeness (QED) is 0.371. The SMILES string of the molecule is Cc1nc(C)c(C(=O)NC(Cc2ccccc2)C(O)C(=O)N2CC(F)(F)CC2C(=O)NCc2cccs2)s1. The number of aliphatic hydroxyl groups excluding tert-OH is 1. The predicted octanol–water partition coefficient (Wildman–Crippen LogP) is 3.08. The van der Waals surface area contributed by atoms with E-state index in [0.29, 0.717) is 15.6 Å². The first-order valence-corrected chi connectivity index (χ1v) is 13.7. The second-order valence-corrected chi connectivity index (χ2v) is 11.4. The number of nitrogens with zero attached hydrogens (tertiary/aromatic N) is 2. The number of benzene rings is 1. The molecule has 1 aromatic carbocycles. The van der Waals surface area contributed by atoms with Crippen LogP contribution in [0.2, 0.25) is 0 Å². The van der Waals surface area contributed by atoms with Gasteiger partial charge in [-0.2, -0.15) is 0 Å². The van der Waals surface area contributed by atoms with Crippen molar-refractivity contribution in [3.05, 3.63) is 73.9 Å². The van der Waals surface area contributed by atoms with E-state index in [1.165, 1.54) is 22.7 Å². The zero-order valence-corrected chi connectivity index (χ0v) is 22.5. The smallest absolute Gasteiger partial charge is 0.267 e. The van der Waals surface area contributed by atoms with Gasteiger partial charge in [-0.05, 0) is 37.3 Å². The number of aliphatic hydroxyl groups is 1. The van der Waals surface area contributed by atoms with Gasteiger partial charge in [0.1, 0.15) is 10.9 Å². The van der Waals surface area contributed by atoms with E-state index in [9.17, 15) is 28.3 Å². The maximum absolute atomic E-state index is 14.4. The first-order chi connectivity index (χ1) is 18.0. The maximum atomic E-state index is 14.4. The topological polar surface area (TPSA) is 112 Å². The van der Waals surface area contributed by atoms with Gasteiger partial charge in [0, 0.05) is 11.3 Å². The lowest BCUT2D eigenvalue weighted by Crippen LogP contribution is -2.55. The van der Waals surface area contributed by atoms with Gasteiger partial charge in [0.05, 0.1) is 29.8 Å². The van der Waals surface area contributed by atoms with E-state index in [1.54, 1.807) is 56.3 Å². The Hall–Kier alpha value is -3.22. The van der Waals surface area contributed by atoms with Crippen LogP contribution < -0.4 is 10.6 Å². The second kappa shape index (κ2) is 11.7. The molecule has 1 aliphatic heterocycles. The zero-order chi connectivity index (χ0) is 27.4. The van der Waals surface area contributed by atoms with Crippen molar-refractivity contribution >= 4 is 40.4 Å². The van der Waals surface area contributed by atoms with Crippen molar-refractivity contribution in [1.29, 1.82) is 0 Å². The van der Waals surface area contributed by atoms with Crippen LogP contribution in [-0.2, 0) is 22.6 Å². The van der Waals surface area contributed by atoms with E-state index in [2.05, 4.69) is 15.6 Å². The summed E-state index contributed by atoms with van der Waals surface area (Å²) in [6.45, 7) is 2.58. The van der Waals surface area contributed by atoms with E-state index in [-0.39, 0.29) is 13.0 Å². The first kappa shape index (κ1) is 27.8. The van der Waals surface area contributed by atoms with E-state index in [4.69, 9.17) is 0 Å². The van der Waals surface area contributed by atoms with Crippen molar-refractivity contribution in [2.24, 2.45) is 0 Å². The Labute approximate surface area is 226 Å². The van der Waals surface area contributed by atoms with Crippen LogP contribution in [-0.4, -0.2) is 63.4 Å². The number of halogens is 2. The molecule has 0 spiro atoms. The summed E-state index contributed by atoms with van der Waals surface area (Å²) in [5.74, 6) is -5.60. The molecular weight excluding hydrogens is 534 g/mol. The summed E-state index contributed by atoms with van der Waals surface area (Å²) in [4.78, 5) is 45.4. The number of thiazole rings is 1. The van der Waals surface area contributed by atoms with E-state index in [1.807, 2.05) is 5.38 Å². The fourth-order valence-corrected chi connectivity index (χ4v) is 5.88. The molecule has 202 valence electrons. The molecule has 3 heterocycles. The molecule has 0 saturated carbocycles. The molecule has 2 aromatic heterocycles. The standard InChI is InChI=1S/C26H28F2N4O4S2/c1-15-22(38-16(2)30-15)24(35)31-19(11-17-7-4-3-5-8-17)21(33)25(36)32-14-26(27,28)12-20(32)23(34)29-13-18-9-6-10-37-18/h3-10,19-21,33H,11-14H2,1-2H3,(H,29,34)(H,31,35). The largest absolute Gasteiger partial charge is 0.381 e. The first-order valence-electron chi connectivity index (χ1n) is 12.0. The van der Waals surface area contributed by atoms with Crippen LogP contribution in [0.4, 0.5) is 8.78 Å². The monoisotopic (exact) mass is 562 g/mol. The summed E-state index contributed by atoms with van der Waals surface area (Å²) in [7, 11) is 0. The van der Waals surface area contributed by atoms with Crippen LogP contribution in [0, 0.1) is 13.8 Å². The van der Waals surface area contributed by atoms with Crippen LogP contribution in [0.5, 0.6) is 0 Å². The summed E-state index contributed by atoms with van der Waals surface area (Å²) >= 11 is 2.58. The number of nitrogens with one attached hydrogen (secondary N) is 2. The lowest BCUT2D eigenvalue weighted by atomic mass is 9.99. The molecule has 0 bridgehead atoms. The van der Waals surface area contributed by atoms with Crippen molar-refractivity contribution in [1.82, 2.24) is 20.5 Å². The number of carbonyl (C=O) groups is 3. The van der Waals surface area contributed by atoms with Crippen LogP contribution >= 0.6 is 22.7 Å². The highest BCUT2D eigenvalue weighted by molar-refractivity contribution is 7.13. The minimum absolute atomic E-state index is 0.0653. The minimum Gasteiger partial charge on any atom is -0.381 e. The summed E-state index contributed by atoms with van der Waals surface area (Å²) in [5, 5.41) is 18.9. The number of hydrogen-bond donors (Lipinski definition) is 3. The Balaban J connectivity index is 1.54. The van der Waals surface area contributed by atoms with Gasteiger partial charge in [-0.3, -0.25) is 14.4 Å². The van der Waals surface area contributed by atoms with E-state index < -0.39 is 54.8 Å². The maximum Gasteiger partial charge on any atom is 0.267 e. The Kier molecular flexibility index (Phi) is 8.54. The summed E-state index contributed by atoms with van der Waals surface area (Å²) < 4.78 is 28.9. The number of thiophene rings is 1. The number of amides is 3. The van der Waals surface area contributed by atoms with Gasteiger partial charge in [-0.1, -0.05) is 36.4 Å². The number of rotatable bonds is 9. The highest BCUT2D eigenvalue weighted by atomic mass is 32.1. The molecule has 3 amide bonds. The molecular formula is C26H28F2N4O4S2. The fourth-order valence-electron chi connectivity index (χ4n) is 4.42. The lowest BCUT2D eigenvalue weighted by molar-refractivity contribution is -0.147. The molecule has 1 aliphatic rings. The molecule has 1 fully saturated rings. The van der Waals surface area contributed by atoms with Gasteiger partial charge < -0.3 is 20.6 Å². The van der Waals surface area contributed by atoms with Crippen molar-refractivity contribution in [3.63, 3.8) is 0 Å². The van der Waals surface area contributed by atoms with Gasteiger partial charge in [-0.15, -0.1) is 22.7 Å². The average Bonchev–Trinajstić information content (AvgIpc) is 3.60. The van der Waals surface area contributed by atoms with Crippen molar-refractivity contribution in [2.75, 3.05) is 6.54 Å². The summed E-state index contributed by atoms with van der Waals surface area (Å²) in [5.41, 5.74) is 1.23. The van der Waals surface area contributed by atoms with E-state index in [0.717, 1.165) is 15.3 Å². The zero-order valence-electron chi connectivity index (χ0n) is 20.8. The van der Waals surface area contributed by atoms with E-state index >= 15 is 0 Å². The molecule has 0 radical (unpaired) electrons. The number of aryl methyl sites for hydroxylation is 2. The molecule has 12 heteroatoms. The third-order valence-corrected chi connectivity index (χ3v) is 8.18. The highest BCUT2D eigenvalue weighted by Crippen LogP contribution is 2.33. The lowest BCUT2D eigenvalue weighted by Gasteiger charge is -2.30. The predicted molar refractivity (Wildman–Crippen MR) is 140 cm³/mol. The third kappa shape index (κ3) is 6.61. The summed E-state index contributed by atoms with van der Waals surface area (Å²) in [6.07, 6.45) is -2.65. The van der Waals surface area contributed by atoms with Gasteiger partial charge >= 0.3 is 0 Å². The molecule has 4 rings (SSSR count). The molecule has 38 heavy (non-hydrogen) atoms. The molecule has 3 N–H and O–H groups in total. The van der Waals surface area contributed by atoms with Gasteiger partial charge in [0.25, 0.3) is 17.7 Å². The van der Waals surface area contributed by atoms with Crippen LogP contribution in [0.15, 0.2) is 47.8 Å². The van der Waals surface area contributed by atoms with Crippen LogP contribution in [0.3, 0.4) is 0 Å². The molecule has 1 saturated heterocycles. The molecule has 3 unspecified atom stereocenters. The molecule has 3 atom stereocenters. The third-order valence-electron chi connectivity index (χ3n) is 6.23. The number of likely N-dealkylation sites (tertiary alicyclic amines) is 1. The number of aromatic nitrogens is 1. The summed E-state index contributed by atoms with van der Waals surface area (Å²) in [6, 6.07) is 9.89. The molecule has 0 aliphatic carbocycles. The molecule has 8 nitrogen and oxygen atoms in total. The van der Waals surface area contributed by atoms with Gasteiger partial charge in [0.2, 0.25) is 5.91 Å². The van der Waals surface area contributed by atoms with Gasteiger partial charge in [-0.25, -0.2) is 13.8 Å². The second-order valence-electron chi connectivity index (χ2n) is 9.20.